The third-order valence-corrected chi connectivity index (χ3v) is 2.19. The first-order chi connectivity index (χ1) is 8.52. The van der Waals surface area contributed by atoms with Crippen LogP contribution in [0, 0.1) is 0 Å². The van der Waals surface area contributed by atoms with E-state index in [0.29, 0.717) is 12.2 Å². The number of hydrogen-bond acceptors (Lipinski definition) is 4. The molecule has 0 atom stereocenters. The van der Waals surface area contributed by atoms with Gasteiger partial charge in [-0.25, -0.2) is 0 Å². The number of hydrogen-bond donors (Lipinski definition) is 1. The minimum absolute atomic E-state index is 0.121. The second-order valence-corrected chi connectivity index (χ2v) is 3.47. The van der Waals surface area contributed by atoms with Crippen molar-refractivity contribution in [3.63, 3.8) is 0 Å². The van der Waals surface area contributed by atoms with Gasteiger partial charge in [0.15, 0.2) is 0 Å². The number of carbonyl (C=O) groups is 1. The van der Waals surface area contributed by atoms with Crippen molar-refractivity contribution in [3.05, 3.63) is 23.8 Å². The molecule has 1 N–H and O–H groups in total. The van der Waals surface area contributed by atoms with E-state index in [1.165, 1.54) is 12.1 Å². The summed E-state index contributed by atoms with van der Waals surface area (Å²) in [6, 6.07) is 3.84. The summed E-state index contributed by atoms with van der Waals surface area (Å²) in [6.07, 6.45) is 0.399. The highest BCUT2D eigenvalue weighted by Crippen LogP contribution is 2.25. The maximum absolute atomic E-state index is 11.9. The normalized spacial score (nSPS) is 10.4. The topological polar surface area (TPSA) is 55.8 Å². The van der Waals surface area contributed by atoms with Crippen molar-refractivity contribution in [3.8, 4) is 11.5 Å². The van der Waals surface area contributed by atoms with Gasteiger partial charge in [0, 0.05) is 12.5 Å². The lowest BCUT2D eigenvalue weighted by molar-refractivity contribution is -0.143. The van der Waals surface area contributed by atoms with Crippen molar-refractivity contribution < 1.29 is 28.2 Å². The highest BCUT2D eigenvalue weighted by atomic mass is 19.3. The number of phenols is 1. The van der Waals surface area contributed by atoms with Gasteiger partial charge in [-0.05, 0) is 25.0 Å². The van der Waals surface area contributed by atoms with Gasteiger partial charge in [-0.2, -0.15) is 8.78 Å². The molecule has 100 valence electrons. The monoisotopic (exact) mass is 260 g/mol. The molecule has 0 aliphatic rings. The zero-order valence-corrected chi connectivity index (χ0v) is 9.86. The summed E-state index contributed by atoms with van der Waals surface area (Å²) in [5, 5.41) is 9.57. The molecule has 0 bridgehead atoms. The van der Waals surface area contributed by atoms with Crippen molar-refractivity contribution in [2.75, 3.05) is 6.61 Å². The van der Waals surface area contributed by atoms with Crippen molar-refractivity contribution >= 4 is 5.97 Å². The van der Waals surface area contributed by atoms with Gasteiger partial charge in [-0.1, -0.05) is 6.07 Å². The fourth-order valence-electron chi connectivity index (χ4n) is 1.40. The van der Waals surface area contributed by atoms with Crippen LogP contribution in [0.1, 0.15) is 18.9 Å². The van der Waals surface area contributed by atoms with Gasteiger partial charge in [0.1, 0.15) is 11.5 Å². The number of aromatic hydroxyl groups is 1. The Hall–Kier alpha value is -1.85. The van der Waals surface area contributed by atoms with E-state index in [-0.39, 0.29) is 30.3 Å². The summed E-state index contributed by atoms with van der Waals surface area (Å²) >= 11 is 0. The number of aryl methyl sites for hydroxylation is 1. The highest BCUT2D eigenvalue weighted by Gasteiger charge is 2.09. The smallest absolute Gasteiger partial charge is 0.387 e. The average molecular weight is 260 g/mol. The SMILES string of the molecule is CCOC(=O)CCc1ccc(OC(F)F)cc1O. The molecule has 0 amide bonds. The minimum Gasteiger partial charge on any atom is -0.508 e. The summed E-state index contributed by atoms with van der Waals surface area (Å²) < 4.78 is 32.7. The lowest BCUT2D eigenvalue weighted by Crippen LogP contribution is -2.05. The van der Waals surface area contributed by atoms with E-state index in [9.17, 15) is 18.7 Å². The number of esters is 1. The van der Waals surface area contributed by atoms with E-state index in [4.69, 9.17) is 4.74 Å². The average Bonchev–Trinajstić information content (AvgIpc) is 2.27. The Morgan fingerprint density at radius 2 is 2.17 bits per heavy atom. The molecule has 0 aliphatic heterocycles. The van der Waals surface area contributed by atoms with E-state index in [0.717, 1.165) is 6.07 Å². The molecule has 0 spiro atoms. The second kappa shape index (κ2) is 6.78. The van der Waals surface area contributed by atoms with Crippen molar-refractivity contribution in [1.82, 2.24) is 0 Å². The standard InChI is InChI=1S/C12H14F2O4/c1-2-17-11(16)6-4-8-3-5-9(7-10(8)15)18-12(13)14/h3,5,7,12,15H,2,4,6H2,1H3. The Balaban J connectivity index is 2.59. The van der Waals surface area contributed by atoms with E-state index >= 15 is 0 Å². The largest absolute Gasteiger partial charge is 0.508 e. The molecule has 0 saturated heterocycles. The number of alkyl halides is 2. The first-order valence-electron chi connectivity index (χ1n) is 5.45. The van der Waals surface area contributed by atoms with Crippen LogP contribution in [0.5, 0.6) is 11.5 Å². The predicted molar refractivity (Wildman–Crippen MR) is 59.7 cm³/mol. The third-order valence-electron chi connectivity index (χ3n) is 2.19. The Kier molecular flexibility index (Phi) is 5.35. The van der Waals surface area contributed by atoms with Crippen LogP contribution in [0.15, 0.2) is 18.2 Å². The molecular formula is C12H14F2O4. The second-order valence-electron chi connectivity index (χ2n) is 3.47. The number of benzene rings is 1. The van der Waals surface area contributed by atoms with E-state index in [1.54, 1.807) is 6.92 Å². The Morgan fingerprint density at radius 3 is 2.72 bits per heavy atom. The number of rotatable bonds is 6. The van der Waals surface area contributed by atoms with Crippen molar-refractivity contribution in [1.29, 1.82) is 0 Å². The van der Waals surface area contributed by atoms with Crippen LogP contribution < -0.4 is 4.74 Å². The molecule has 0 fully saturated rings. The van der Waals surface area contributed by atoms with Gasteiger partial charge in [0.2, 0.25) is 0 Å². The molecule has 4 nitrogen and oxygen atoms in total. The van der Waals surface area contributed by atoms with Crippen LogP contribution >= 0.6 is 0 Å². The fraction of sp³-hybridized carbons (Fsp3) is 0.417. The first-order valence-corrected chi connectivity index (χ1v) is 5.45. The van der Waals surface area contributed by atoms with Crippen molar-refractivity contribution in [2.45, 2.75) is 26.4 Å². The molecule has 1 rings (SSSR count). The zero-order chi connectivity index (χ0) is 13.5. The van der Waals surface area contributed by atoms with Crippen LogP contribution in [0.2, 0.25) is 0 Å². The van der Waals surface area contributed by atoms with Gasteiger partial charge in [0.05, 0.1) is 6.61 Å². The molecule has 1 aromatic rings. The first kappa shape index (κ1) is 14.2. The van der Waals surface area contributed by atoms with Gasteiger partial charge < -0.3 is 14.6 Å². The summed E-state index contributed by atoms with van der Waals surface area (Å²) in [6.45, 7) is -0.938. The van der Waals surface area contributed by atoms with Crippen LogP contribution in [-0.4, -0.2) is 24.3 Å². The Morgan fingerprint density at radius 1 is 1.44 bits per heavy atom. The molecule has 0 aromatic heterocycles. The zero-order valence-electron chi connectivity index (χ0n) is 9.86. The van der Waals surface area contributed by atoms with Gasteiger partial charge in [0.25, 0.3) is 0 Å². The summed E-state index contributed by atoms with van der Waals surface area (Å²) in [7, 11) is 0. The molecule has 0 saturated carbocycles. The molecule has 18 heavy (non-hydrogen) atoms. The minimum atomic E-state index is -2.94. The maximum atomic E-state index is 11.9. The van der Waals surface area contributed by atoms with Gasteiger partial charge in [-0.15, -0.1) is 0 Å². The third kappa shape index (κ3) is 4.57. The molecule has 1 aromatic carbocycles. The summed E-state index contributed by atoms with van der Waals surface area (Å²) in [4.78, 5) is 11.1. The molecular weight excluding hydrogens is 246 g/mol. The lowest BCUT2D eigenvalue weighted by atomic mass is 10.1. The number of halogens is 2. The number of ether oxygens (including phenoxy) is 2. The van der Waals surface area contributed by atoms with Crippen LogP contribution in [0.4, 0.5) is 8.78 Å². The van der Waals surface area contributed by atoms with E-state index in [1.807, 2.05) is 0 Å². The molecule has 0 unspecified atom stereocenters. The summed E-state index contributed by atoms with van der Waals surface area (Å²) in [5.74, 6) is -0.676. The molecule has 0 aliphatic carbocycles. The predicted octanol–water partition coefficient (Wildman–Crippen LogP) is 2.49. The quantitative estimate of drug-likeness (QED) is 0.798. The van der Waals surface area contributed by atoms with Crippen LogP contribution in [0.25, 0.3) is 0 Å². The molecule has 6 heteroatoms. The summed E-state index contributed by atoms with van der Waals surface area (Å²) in [5.41, 5.74) is 0.477. The van der Waals surface area contributed by atoms with Crippen LogP contribution in [0.3, 0.4) is 0 Å². The fourth-order valence-corrected chi connectivity index (χ4v) is 1.40. The molecule has 0 heterocycles. The van der Waals surface area contributed by atoms with Crippen molar-refractivity contribution in [2.24, 2.45) is 0 Å². The number of phenolic OH excluding ortho intramolecular Hbond substituents is 1. The molecule has 0 radical (unpaired) electrons. The highest BCUT2D eigenvalue weighted by molar-refractivity contribution is 5.69. The number of carbonyl (C=O) groups excluding carboxylic acids is 1. The Labute approximate surface area is 103 Å². The van der Waals surface area contributed by atoms with Gasteiger partial charge >= 0.3 is 12.6 Å². The lowest BCUT2D eigenvalue weighted by Gasteiger charge is -2.08. The van der Waals surface area contributed by atoms with Crippen LogP contribution in [-0.2, 0) is 16.0 Å². The van der Waals surface area contributed by atoms with E-state index < -0.39 is 6.61 Å². The van der Waals surface area contributed by atoms with E-state index in [2.05, 4.69) is 4.74 Å². The van der Waals surface area contributed by atoms with Gasteiger partial charge in [-0.3, -0.25) is 4.79 Å². The Bertz CT molecular complexity index is 407. The maximum Gasteiger partial charge on any atom is 0.387 e.